The number of aliphatic hydroxyl groups is 1. The van der Waals surface area contributed by atoms with Gasteiger partial charge in [0.15, 0.2) is 5.78 Å². The van der Waals surface area contributed by atoms with Gasteiger partial charge < -0.3 is 19.5 Å². The third-order valence-corrected chi connectivity index (χ3v) is 6.48. The lowest BCUT2D eigenvalue weighted by atomic mass is 9.94. The second kappa shape index (κ2) is 12.3. The Morgan fingerprint density at radius 2 is 1.97 bits per heavy atom. The number of rotatable bonds is 13. The van der Waals surface area contributed by atoms with Crippen molar-refractivity contribution in [1.82, 2.24) is 9.55 Å². The van der Waals surface area contributed by atoms with Crippen molar-refractivity contribution in [3.8, 4) is 11.8 Å². The quantitative estimate of drug-likeness (QED) is 0.255. The van der Waals surface area contributed by atoms with E-state index in [0.29, 0.717) is 40.8 Å². The summed E-state index contributed by atoms with van der Waals surface area (Å²) in [6.07, 6.45) is 4.70. The minimum atomic E-state index is -0.932. The number of nitriles is 1. The summed E-state index contributed by atoms with van der Waals surface area (Å²) >= 11 is 0. The summed E-state index contributed by atoms with van der Waals surface area (Å²) in [7, 11) is 3.46. The molecular formula is C28H33N3O5. The summed E-state index contributed by atoms with van der Waals surface area (Å²) in [6.45, 7) is 1.75. The van der Waals surface area contributed by atoms with Gasteiger partial charge in [0.25, 0.3) is 0 Å². The van der Waals surface area contributed by atoms with Crippen molar-refractivity contribution in [3.05, 3.63) is 58.9 Å². The van der Waals surface area contributed by atoms with Gasteiger partial charge in [0.2, 0.25) is 0 Å². The standard InChI is InChI=1S/C28H33N3O5/c1-18(13-26(34)35)12-25(33)27-22-14-19(16-29)17-30-28(22)31(2)23(27)10-5-4-6-11-24(32)20-8-7-9-21(15-20)36-3/h7-9,14-15,17-18,24,32H,4-6,10-13H2,1-3H3,(H,34,35)/t18-,24?/m0/s1. The van der Waals surface area contributed by atoms with Crippen LogP contribution >= 0.6 is 0 Å². The smallest absolute Gasteiger partial charge is 0.303 e. The van der Waals surface area contributed by atoms with E-state index in [1.165, 1.54) is 6.20 Å². The third kappa shape index (κ3) is 6.49. The average molecular weight is 492 g/mol. The SMILES string of the molecule is COc1cccc(C(O)CCCCCc2c(C(=O)C[C@H](C)CC(=O)O)c3cc(C#N)cnc3n2C)c1. The lowest BCUT2D eigenvalue weighted by Crippen LogP contribution is -2.12. The van der Waals surface area contributed by atoms with Crippen molar-refractivity contribution in [2.75, 3.05) is 7.11 Å². The molecule has 3 rings (SSSR count). The molecule has 8 nitrogen and oxygen atoms in total. The van der Waals surface area contributed by atoms with Gasteiger partial charge in [0.05, 0.1) is 18.8 Å². The molecule has 0 aliphatic rings. The van der Waals surface area contributed by atoms with E-state index in [4.69, 9.17) is 9.84 Å². The first kappa shape index (κ1) is 26.9. The Labute approximate surface area is 211 Å². The zero-order valence-electron chi connectivity index (χ0n) is 21.0. The number of carboxylic acids is 1. The molecule has 3 aromatic rings. The topological polar surface area (TPSA) is 125 Å². The third-order valence-electron chi connectivity index (χ3n) is 6.48. The molecule has 2 N–H and O–H groups in total. The van der Waals surface area contributed by atoms with Crippen LogP contribution in [-0.2, 0) is 18.3 Å². The summed E-state index contributed by atoms with van der Waals surface area (Å²) in [5.41, 5.74) is 3.20. The van der Waals surface area contributed by atoms with Gasteiger partial charge in [-0.3, -0.25) is 9.59 Å². The van der Waals surface area contributed by atoms with E-state index in [9.17, 15) is 20.0 Å². The van der Waals surface area contributed by atoms with Crippen LogP contribution in [0.3, 0.4) is 0 Å². The van der Waals surface area contributed by atoms with Crippen molar-refractivity contribution in [1.29, 1.82) is 5.26 Å². The van der Waals surface area contributed by atoms with Gasteiger partial charge in [-0.05, 0) is 48.9 Å². The molecule has 36 heavy (non-hydrogen) atoms. The molecular weight excluding hydrogens is 458 g/mol. The first-order chi connectivity index (χ1) is 17.2. The number of carbonyl (C=O) groups is 2. The van der Waals surface area contributed by atoms with Crippen LogP contribution in [0.1, 0.15) is 78.7 Å². The van der Waals surface area contributed by atoms with Crippen LogP contribution in [-0.4, -0.2) is 38.6 Å². The number of aliphatic hydroxyl groups excluding tert-OH is 1. The molecule has 0 amide bonds. The molecule has 0 bridgehead atoms. The number of aryl methyl sites for hydroxylation is 1. The molecule has 0 fully saturated rings. The molecule has 2 atom stereocenters. The number of hydrogen-bond donors (Lipinski definition) is 2. The molecule has 1 aromatic carbocycles. The van der Waals surface area contributed by atoms with Gasteiger partial charge in [0.1, 0.15) is 17.5 Å². The zero-order chi connectivity index (χ0) is 26.2. The highest BCUT2D eigenvalue weighted by molar-refractivity contribution is 6.09. The van der Waals surface area contributed by atoms with E-state index in [-0.39, 0.29) is 24.5 Å². The van der Waals surface area contributed by atoms with Crippen LogP contribution in [0, 0.1) is 17.2 Å². The normalized spacial score (nSPS) is 12.8. The summed E-state index contributed by atoms with van der Waals surface area (Å²) in [4.78, 5) is 28.8. The van der Waals surface area contributed by atoms with Crippen LogP contribution in [0.4, 0.5) is 0 Å². The van der Waals surface area contributed by atoms with Gasteiger partial charge in [-0.15, -0.1) is 0 Å². The Hall–Kier alpha value is -3.70. The average Bonchev–Trinajstić information content (AvgIpc) is 3.13. The van der Waals surface area contributed by atoms with E-state index >= 15 is 0 Å². The number of ketones is 1. The van der Waals surface area contributed by atoms with Crippen LogP contribution in [0.2, 0.25) is 0 Å². The van der Waals surface area contributed by atoms with Crippen molar-refractivity contribution in [2.45, 2.75) is 58.0 Å². The van der Waals surface area contributed by atoms with Gasteiger partial charge in [0, 0.05) is 42.7 Å². The summed E-state index contributed by atoms with van der Waals surface area (Å²) in [5.74, 6) is -0.652. The number of nitrogens with zero attached hydrogens (tertiary/aromatic N) is 3. The molecule has 1 unspecified atom stereocenters. The van der Waals surface area contributed by atoms with Crippen molar-refractivity contribution >= 4 is 22.8 Å². The first-order valence-electron chi connectivity index (χ1n) is 12.2. The number of fused-ring (bicyclic) bond motifs is 1. The number of pyridine rings is 1. The first-order valence-corrected chi connectivity index (χ1v) is 12.2. The molecule has 8 heteroatoms. The maximum atomic E-state index is 13.3. The molecule has 0 saturated carbocycles. The minimum Gasteiger partial charge on any atom is -0.497 e. The van der Waals surface area contributed by atoms with Crippen molar-refractivity contribution in [3.63, 3.8) is 0 Å². The number of benzene rings is 1. The minimum absolute atomic E-state index is 0.0802. The number of methoxy groups -OCH3 is 1. The Balaban J connectivity index is 1.72. The summed E-state index contributed by atoms with van der Waals surface area (Å²) in [5, 5.41) is 29.6. The molecule has 0 spiro atoms. The van der Waals surface area contributed by atoms with Crippen molar-refractivity contribution < 1.29 is 24.5 Å². The van der Waals surface area contributed by atoms with Crippen LogP contribution in [0.25, 0.3) is 11.0 Å². The second-order valence-corrected chi connectivity index (χ2v) is 9.31. The highest BCUT2D eigenvalue weighted by Gasteiger charge is 2.24. The molecule has 2 heterocycles. The summed E-state index contributed by atoms with van der Waals surface area (Å²) in [6, 6.07) is 11.2. The largest absolute Gasteiger partial charge is 0.497 e. The van der Waals surface area contributed by atoms with E-state index in [2.05, 4.69) is 11.1 Å². The Kier molecular flexibility index (Phi) is 9.20. The van der Waals surface area contributed by atoms with E-state index in [1.54, 1.807) is 20.1 Å². The number of aromatic nitrogens is 2. The summed E-state index contributed by atoms with van der Waals surface area (Å²) < 4.78 is 7.13. The van der Waals surface area contributed by atoms with Crippen LogP contribution in [0.5, 0.6) is 5.75 Å². The van der Waals surface area contributed by atoms with Gasteiger partial charge >= 0.3 is 5.97 Å². The Morgan fingerprint density at radius 3 is 2.67 bits per heavy atom. The fraction of sp³-hybridized carbons (Fsp3) is 0.429. The van der Waals surface area contributed by atoms with Crippen molar-refractivity contribution in [2.24, 2.45) is 13.0 Å². The number of ether oxygens (including phenoxy) is 1. The lowest BCUT2D eigenvalue weighted by Gasteiger charge is -2.13. The highest BCUT2D eigenvalue weighted by atomic mass is 16.5. The molecule has 2 aromatic heterocycles. The second-order valence-electron chi connectivity index (χ2n) is 9.31. The number of carboxylic acid groups (broad SMARTS) is 1. The maximum absolute atomic E-state index is 13.3. The van der Waals surface area contributed by atoms with Gasteiger partial charge in [-0.2, -0.15) is 5.26 Å². The molecule has 0 aliphatic carbocycles. The highest BCUT2D eigenvalue weighted by Crippen LogP contribution is 2.29. The van der Waals surface area contributed by atoms with E-state index < -0.39 is 12.1 Å². The molecule has 0 saturated heterocycles. The maximum Gasteiger partial charge on any atom is 0.303 e. The fourth-order valence-electron chi connectivity index (χ4n) is 4.64. The van der Waals surface area contributed by atoms with Gasteiger partial charge in [-0.25, -0.2) is 4.98 Å². The van der Waals surface area contributed by atoms with E-state index in [0.717, 1.165) is 30.5 Å². The monoisotopic (exact) mass is 491 g/mol. The number of hydrogen-bond acceptors (Lipinski definition) is 6. The molecule has 0 radical (unpaired) electrons. The predicted molar refractivity (Wildman–Crippen MR) is 136 cm³/mol. The number of unbranched alkanes of at least 4 members (excludes halogenated alkanes) is 2. The number of aliphatic carboxylic acids is 1. The Bertz CT molecular complexity index is 1270. The lowest BCUT2D eigenvalue weighted by molar-refractivity contribution is -0.137. The fourth-order valence-corrected chi connectivity index (χ4v) is 4.64. The molecule has 0 aliphatic heterocycles. The van der Waals surface area contributed by atoms with Crippen LogP contribution in [0.15, 0.2) is 36.5 Å². The zero-order valence-corrected chi connectivity index (χ0v) is 21.0. The van der Waals surface area contributed by atoms with Crippen LogP contribution < -0.4 is 4.74 Å². The van der Waals surface area contributed by atoms with E-state index in [1.807, 2.05) is 35.9 Å². The molecule has 190 valence electrons. The number of Topliss-reactive ketones (excluding diaryl/α,β-unsaturated/α-hetero) is 1. The predicted octanol–water partition coefficient (Wildman–Crippen LogP) is 4.97. The number of carbonyl (C=O) groups excluding carboxylic acids is 1. The van der Waals surface area contributed by atoms with Gasteiger partial charge in [-0.1, -0.05) is 31.9 Å². The Morgan fingerprint density at radius 1 is 1.19 bits per heavy atom.